The van der Waals surface area contributed by atoms with Crippen molar-refractivity contribution in [2.45, 2.75) is 6.04 Å². The van der Waals surface area contributed by atoms with Gasteiger partial charge in [-0.15, -0.1) is 0 Å². The van der Waals surface area contributed by atoms with Gasteiger partial charge in [0.2, 0.25) is 0 Å². The van der Waals surface area contributed by atoms with Gasteiger partial charge in [-0.2, -0.15) is 0 Å². The molecule has 4 rings (SSSR count). The van der Waals surface area contributed by atoms with Gasteiger partial charge in [0.1, 0.15) is 17.3 Å². The van der Waals surface area contributed by atoms with Crippen LogP contribution in [-0.4, -0.2) is 35.9 Å². The van der Waals surface area contributed by atoms with E-state index in [0.29, 0.717) is 28.3 Å². The number of aliphatic hydroxyl groups excluding tert-OH is 1. The maximum atomic E-state index is 13.2. The molecule has 172 valence electrons. The Bertz CT molecular complexity index is 1300. The lowest BCUT2D eigenvalue weighted by Crippen LogP contribution is -2.29. The number of carbonyl (C=O) groups excluding carboxylic acids is 2. The molecule has 0 bridgehead atoms. The molecule has 0 aromatic heterocycles. The second-order valence-electron chi connectivity index (χ2n) is 7.45. The Balaban J connectivity index is 1.93. The molecule has 0 saturated carbocycles. The molecule has 3 aromatic rings. The summed E-state index contributed by atoms with van der Waals surface area (Å²) in [5.41, 5.74) is 0.588. The van der Waals surface area contributed by atoms with Gasteiger partial charge in [0, 0.05) is 23.4 Å². The molecule has 1 amide bonds. The minimum Gasteiger partial charge on any atom is -0.507 e. The van der Waals surface area contributed by atoms with Crippen LogP contribution in [0.3, 0.4) is 0 Å². The smallest absolute Gasteiger partial charge is 0.300 e. The molecule has 34 heavy (non-hydrogen) atoms. The number of anilines is 1. The van der Waals surface area contributed by atoms with Crippen molar-refractivity contribution >= 4 is 28.8 Å². The SMILES string of the molecule is COc1ccc(/C(O)=C2/C(=O)C(=O)N(c3ccc(OC)cc3)[C@H]2c2cccc([N+](=O)[O-])c2)cc1. The van der Waals surface area contributed by atoms with Crippen molar-refractivity contribution in [1.29, 1.82) is 0 Å². The number of Topliss-reactive ketones (excluding diaryl/α,β-unsaturated/α-hetero) is 1. The van der Waals surface area contributed by atoms with Crippen LogP contribution in [0.2, 0.25) is 0 Å². The quantitative estimate of drug-likeness (QED) is 0.192. The molecule has 0 spiro atoms. The topological polar surface area (TPSA) is 119 Å². The van der Waals surface area contributed by atoms with Crippen LogP contribution in [0.15, 0.2) is 78.4 Å². The van der Waals surface area contributed by atoms with Crippen LogP contribution in [0, 0.1) is 10.1 Å². The number of ether oxygens (including phenoxy) is 2. The molecule has 1 fully saturated rings. The van der Waals surface area contributed by atoms with Gasteiger partial charge in [-0.05, 0) is 54.1 Å². The number of carbonyl (C=O) groups is 2. The van der Waals surface area contributed by atoms with Crippen LogP contribution in [-0.2, 0) is 9.59 Å². The van der Waals surface area contributed by atoms with Crippen molar-refractivity contribution in [2.75, 3.05) is 19.1 Å². The van der Waals surface area contributed by atoms with Crippen LogP contribution >= 0.6 is 0 Å². The number of nitro benzene ring substituents is 1. The number of non-ortho nitro benzene ring substituents is 1. The third-order valence-corrected chi connectivity index (χ3v) is 5.56. The molecule has 1 aliphatic heterocycles. The summed E-state index contributed by atoms with van der Waals surface area (Å²) in [6.45, 7) is 0. The fraction of sp³-hybridized carbons (Fsp3) is 0.120. The van der Waals surface area contributed by atoms with E-state index in [-0.39, 0.29) is 11.3 Å². The fourth-order valence-electron chi connectivity index (χ4n) is 3.87. The van der Waals surface area contributed by atoms with Gasteiger partial charge < -0.3 is 14.6 Å². The fourth-order valence-corrected chi connectivity index (χ4v) is 3.87. The summed E-state index contributed by atoms with van der Waals surface area (Å²) in [6.07, 6.45) is 0. The number of nitrogens with zero attached hydrogens (tertiary/aromatic N) is 2. The Morgan fingerprint density at radius 1 is 0.941 bits per heavy atom. The number of methoxy groups -OCH3 is 2. The Morgan fingerprint density at radius 2 is 1.53 bits per heavy atom. The molecule has 1 N–H and O–H groups in total. The zero-order chi connectivity index (χ0) is 24.4. The first kappa shape index (κ1) is 22.5. The third-order valence-electron chi connectivity index (χ3n) is 5.56. The third kappa shape index (κ3) is 3.95. The average molecular weight is 460 g/mol. The van der Waals surface area contributed by atoms with E-state index in [2.05, 4.69) is 0 Å². The molecule has 1 atom stereocenters. The monoisotopic (exact) mass is 460 g/mol. The van der Waals surface area contributed by atoms with Crippen LogP contribution < -0.4 is 14.4 Å². The zero-order valence-electron chi connectivity index (χ0n) is 18.3. The zero-order valence-corrected chi connectivity index (χ0v) is 18.3. The van der Waals surface area contributed by atoms with E-state index in [1.54, 1.807) is 54.6 Å². The van der Waals surface area contributed by atoms with Crippen molar-refractivity contribution in [3.8, 4) is 11.5 Å². The summed E-state index contributed by atoms with van der Waals surface area (Å²) in [4.78, 5) is 38.4. The predicted molar refractivity (Wildman–Crippen MR) is 124 cm³/mol. The van der Waals surface area contributed by atoms with Gasteiger partial charge in [-0.25, -0.2) is 0 Å². The number of aliphatic hydroxyl groups is 1. The van der Waals surface area contributed by atoms with Crippen LogP contribution in [0.5, 0.6) is 11.5 Å². The standard InChI is InChI=1S/C25H20N2O7/c1-33-19-10-6-15(7-11-19)23(28)21-22(16-4-3-5-18(14-16)27(31)32)26(25(30)24(21)29)17-8-12-20(34-2)13-9-17/h3-14,22,28H,1-2H3/b23-21-/t22-/m0/s1. The minimum atomic E-state index is -1.09. The minimum absolute atomic E-state index is 0.175. The van der Waals surface area contributed by atoms with E-state index in [1.807, 2.05) is 0 Å². The Hall–Kier alpha value is -4.66. The Kier molecular flexibility index (Phi) is 6.01. The van der Waals surface area contributed by atoms with E-state index in [4.69, 9.17) is 9.47 Å². The first-order valence-electron chi connectivity index (χ1n) is 10.2. The second kappa shape index (κ2) is 9.07. The molecule has 9 heteroatoms. The first-order chi connectivity index (χ1) is 16.3. The summed E-state index contributed by atoms with van der Waals surface area (Å²) in [5.74, 6) is -1.07. The lowest BCUT2D eigenvalue weighted by Gasteiger charge is -2.25. The van der Waals surface area contributed by atoms with E-state index < -0.39 is 28.4 Å². The molecule has 1 aliphatic rings. The van der Waals surface area contributed by atoms with Gasteiger partial charge in [-0.1, -0.05) is 12.1 Å². The second-order valence-corrected chi connectivity index (χ2v) is 7.45. The average Bonchev–Trinajstić information content (AvgIpc) is 3.14. The number of benzene rings is 3. The molecule has 9 nitrogen and oxygen atoms in total. The summed E-state index contributed by atoms with van der Waals surface area (Å²) in [6, 6.07) is 17.3. The van der Waals surface area contributed by atoms with Gasteiger partial charge >= 0.3 is 0 Å². The van der Waals surface area contributed by atoms with Gasteiger partial charge in [0.25, 0.3) is 17.4 Å². The van der Waals surface area contributed by atoms with Crippen molar-refractivity contribution in [2.24, 2.45) is 0 Å². The summed E-state index contributed by atoms with van der Waals surface area (Å²) < 4.78 is 10.3. The first-order valence-corrected chi connectivity index (χ1v) is 10.2. The largest absolute Gasteiger partial charge is 0.507 e. The summed E-state index contributed by atoms with van der Waals surface area (Å²) in [5, 5.41) is 22.5. The predicted octanol–water partition coefficient (Wildman–Crippen LogP) is 4.24. The number of hydrogen-bond acceptors (Lipinski definition) is 7. The van der Waals surface area contributed by atoms with Crippen LogP contribution in [0.1, 0.15) is 17.2 Å². The Morgan fingerprint density at radius 3 is 2.09 bits per heavy atom. The van der Waals surface area contributed by atoms with Gasteiger partial charge in [0.05, 0.1) is 30.8 Å². The van der Waals surface area contributed by atoms with Gasteiger partial charge in [-0.3, -0.25) is 24.6 Å². The maximum Gasteiger partial charge on any atom is 0.300 e. The molecule has 1 heterocycles. The molecule has 1 saturated heterocycles. The molecule has 0 unspecified atom stereocenters. The van der Waals surface area contributed by atoms with E-state index >= 15 is 0 Å². The van der Waals surface area contributed by atoms with Crippen molar-refractivity contribution < 1.29 is 29.1 Å². The van der Waals surface area contributed by atoms with E-state index in [1.165, 1.54) is 37.3 Å². The van der Waals surface area contributed by atoms with E-state index in [0.717, 1.165) is 0 Å². The Labute approximate surface area is 194 Å². The van der Waals surface area contributed by atoms with Crippen LogP contribution in [0.4, 0.5) is 11.4 Å². The normalized spacial score (nSPS) is 17.0. The highest BCUT2D eigenvalue weighted by molar-refractivity contribution is 6.51. The number of amides is 1. The summed E-state index contributed by atoms with van der Waals surface area (Å²) in [7, 11) is 3.00. The van der Waals surface area contributed by atoms with Crippen molar-refractivity contribution in [3.05, 3.63) is 99.6 Å². The maximum absolute atomic E-state index is 13.2. The summed E-state index contributed by atoms with van der Waals surface area (Å²) >= 11 is 0. The molecule has 3 aromatic carbocycles. The highest BCUT2D eigenvalue weighted by atomic mass is 16.6. The number of nitro groups is 1. The van der Waals surface area contributed by atoms with Crippen molar-refractivity contribution in [1.82, 2.24) is 0 Å². The molecule has 0 aliphatic carbocycles. The molecular formula is C25H20N2O7. The number of rotatable bonds is 6. The number of ketones is 1. The number of hydrogen-bond donors (Lipinski definition) is 1. The molecular weight excluding hydrogens is 440 g/mol. The van der Waals surface area contributed by atoms with Crippen molar-refractivity contribution in [3.63, 3.8) is 0 Å². The molecule has 0 radical (unpaired) electrons. The highest BCUT2D eigenvalue weighted by Gasteiger charge is 2.47. The highest BCUT2D eigenvalue weighted by Crippen LogP contribution is 2.43. The van der Waals surface area contributed by atoms with Gasteiger partial charge in [0.15, 0.2) is 0 Å². The van der Waals surface area contributed by atoms with E-state index in [9.17, 15) is 24.8 Å². The lowest BCUT2D eigenvalue weighted by molar-refractivity contribution is -0.384. The lowest BCUT2D eigenvalue weighted by atomic mass is 9.94. The van der Waals surface area contributed by atoms with Crippen LogP contribution in [0.25, 0.3) is 5.76 Å².